The second kappa shape index (κ2) is 6.71. The molecule has 1 fully saturated rings. The maximum Gasteiger partial charge on any atom is 0.314 e. The lowest BCUT2D eigenvalue weighted by Gasteiger charge is -2.22. The van der Waals surface area contributed by atoms with Crippen LogP contribution in [0.4, 0.5) is 4.79 Å². The van der Waals surface area contributed by atoms with Gasteiger partial charge in [-0.05, 0) is 50.7 Å². The van der Waals surface area contributed by atoms with Crippen molar-refractivity contribution in [3.63, 3.8) is 0 Å². The van der Waals surface area contributed by atoms with Crippen molar-refractivity contribution in [2.24, 2.45) is 5.41 Å². The van der Waals surface area contributed by atoms with Gasteiger partial charge in [-0.15, -0.1) is 0 Å². The summed E-state index contributed by atoms with van der Waals surface area (Å²) in [5, 5.41) is 15.9. The third-order valence-electron chi connectivity index (χ3n) is 4.28. The van der Waals surface area contributed by atoms with Crippen LogP contribution in [0.5, 0.6) is 0 Å². The molecule has 0 bridgehead atoms. The fraction of sp³-hybridized carbons (Fsp3) is 0.688. The quantitative estimate of drug-likeness (QED) is 0.685. The monoisotopic (exact) mass is 310 g/mol. The molecule has 0 aromatic carbocycles. The highest BCUT2D eigenvalue weighted by Gasteiger charge is 2.42. The molecule has 22 heavy (non-hydrogen) atoms. The number of aliphatic hydroxyl groups is 1. The summed E-state index contributed by atoms with van der Waals surface area (Å²) < 4.78 is 10.5. The number of hydrogen-bond acceptors (Lipinski definition) is 4. The SMILES string of the molecule is COCCC1(CNC(=O)NCC(C)(O)c2ccc(C)o2)CC1. The van der Waals surface area contributed by atoms with Crippen LogP contribution in [-0.2, 0) is 10.3 Å². The minimum atomic E-state index is -1.22. The first kappa shape index (κ1) is 16.8. The molecule has 1 saturated carbocycles. The number of amides is 2. The van der Waals surface area contributed by atoms with Gasteiger partial charge in [0.2, 0.25) is 0 Å². The normalized spacial score (nSPS) is 18.5. The van der Waals surface area contributed by atoms with Crippen molar-refractivity contribution in [1.82, 2.24) is 10.6 Å². The summed E-state index contributed by atoms with van der Waals surface area (Å²) >= 11 is 0. The van der Waals surface area contributed by atoms with E-state index in [1.807, 2.05) is 6.92 Å². The molecule has 3 N–H and O–H groups in total. The van der Waals surface area contributed by atoms with Crippen LogP contribution in [0.15, 0.2) is 16.5 Å². The first-order valence-electron chi connectivity index (χ1n) is 7.67. The molecule has 124 valence electrons. The second-order valence-electron chi connectivity index (χ2n) is 6.46. The summed E-state index contributed by atoms with van der Waals surface area (Å²) in [5.41, 5.74) is -1.02. The van der Waals surface area contributed by atoms with Crippen LogP contribution in [0.1, 0.15) is 37.7 Å². The minimum Gasteiger partial charge on any atom is -0.463 e. The van der Waals surface area contributed by atoms with E-state index in [0.717, 1.165) is 31.6 Å². The summed E-state index contributed by atoms with van der Waals surface area (Å²) in [6, 6.07) is 3.24. The maximum absolute atomic E-state index is 11.9. The first-order chi connectivity index (χ1) is 10.4. The van der Waals surface area contributed by atoms with Crippen molar-refractivity contribution in [1.29, 1.82) is 0 Å². The van der Waals surface area contributed by atoms with Crippen molar-refractivity contribution >= 4 is 6.03 Å². The summed E-state index contributed by atoms with van der Waals surface area (Å²) in [6.45, 7) is 4.89. The molecular weight excluding hydrogens is 284 g/mol. The smallest absolute Gasteiger partial charge is 0.314 e. The Labute approximate surface area is 131 Å². The Hall–Kier alpha value is -1.53. The van der Waals surface area contributed by atoms with Crippen LogP contribution in [0, 0.1) is 12.3 Å². The van der Waals surface area contributed by atoms with Gasteiger partial charge in [-0.1, -0.05) is 0 Å². The van der Waals surface area contributed by atoms with Crippen LogP contribution >= 0.6 is 0 Å². The average molecular weight is 310 g/mol. The zero-order chi connectivity index (χ0) is 16.2. The number of nitrogens with one attached hydrogen (secondary N) is 2. The number of urea groups is 1. The van der Waals surface area contributed by atoms with E-state index in [4.69, 9.17) is 9.15 Å². The largest absolute Gasteiger partial charge is 0.463 e. The summed E-state index contributed by atoms with van der Waals surface area (Å²) in [6.07, 6.45) is 3.22. The molecule has 1 heterocycles. The zero-order valence-electron chi connectivity index (χ0n) is 13.6. The van der Waals surface area contributed by atoms with Gasteiger partial charge in [-0.3, -0.25) is 0 Å². The predicted octanol–water partition coefficient (Wildman–Crippen LogP) is 1.91. The molecular formula is C16H26N2O4. The van der Waals surface area contributed by atoms with Gasteiger partial charge in [0.25, 0.3) is 0 Å². The van der Waals surface area contributed by atoms with Crippen LogP contribution in [0.2, 0.25) is 0 Å². The molecule has 2 rings (SSSR count). The topological polar surface area (TPSA) is 83.7 Å². The van der Waals surface area contributed by atoms with E-state index in [1.54, 1.807) is 26.2 Å². The van der Waals surface area contributed by atoms with Gasteiger partial charge in [0, 0.05) is 20.3 Å². The van der Waals surface area contributed by atoms with E-state index in [9.17, 15) is 9.90 Å². The molecule has 0 saturated heterocycles. The Balaban J connectivity index is 1.73. The zero-order valence-corrected chi connectivity index (χ0v) is 13.6. The Morgan fingerprint density at radius 2 is 2.18 bits per heavy atom. The number of furan rings is 1. The third-order valence-corrected chi connectivity index (χ3v) is 4.28. The number of ether oxygens (including phenoxy) is 1. The van der Waals surface area contributed by atoms with E-state index in [2.05, 4.69) is 10.6 Å². The molecule has 0 spiro atoms. The van der Waals surface area contributed by atoms with E-state index < -0.39 is 5.60 Å². The molecule has 1 aromatic heterocycles. The van der Waals surface area contributed by atoms with Crippen molar-refractivity contribution in [2.75, 3.05) is 26.8 Å². The van der Waals surface area contributed by atoms with Gasteiger partial charge in [0.05, 0.1) is 6.54 Å². The fourth-order valence-electron chi connectivity index (χ4n) is 2.40. The molecule has 0 aliphatic heterocycles. The Morgan fingerprint density at radius 1 is 1.45 bits per heavy atom. The van der Waals surface area contributed by atoms with Crippen molar-refractivity contribution < 1.29 is 19.1 Å². The lowest BCUT2D eigenvalue weighted by Crippen LogP contribution is -2.44. The highest BCUT2D eigenvalue weighted by molar-refractivity contribution is 5.74. The molecule has 1 atom stereocenters. The average Bonchev–Trinajstić information content (AvgIpc) is 3.12. The Morgan fingerprint density at radius 3 is 2.73 bits per heavy atom. The molecule has 1 unspecified atom stereocenters. The lowest BCUT2D eigenvalue weighted by atomic mass is 10.0. The van der Waals surface area contributed by atoms with Crippen molar-refractivity contribution in [3.8, 4) is 0 Å². The van der Waals surface area contributed by atoms with Gasteiger partial charge >= 0.3 is 6.03 Å². The van der Waals surface area contributed by atoms with Crippen LogP contribution in [0.25, 0.3) is 0 Å². The minimum absolute atomic E-state index is 0.0941. The van der Waals surface area contributed by atoms with E-state index >= 15 is 0 Å². The molecule has 1 aromatic rings. The second-order valence-corrected chi connectivity index (χ2v) is 6.46. The van der Waals surface area contributed by atoms with Crippen LogP contribution < -0.4 is 10.6 Å². The van der Waals surface area contributed by atoms with Gasteiger partial charge in [0.15, 0.2) is 0 Å². The van der Waals surface area contributed by atoms with E-state index in [-0.39, 0.29) is 18.0 Å². The van der Waals surface area contributed by atoms with Gasteiger partial charge < -0.3 is 24.9 Å². The summed E-state index contributed by atoms with van der Waals surface area (Å²) in [5.74, 6) is 1.18. The summed E-state index contributed by atoms with van der Waals surface area (Å²) in [4.78, 5) is 11.9. The fourth-order valence-corrected chi connectivity index (χ4v) is 2.40. The van der Waals surface area contributed by atoms with Crippen LogP contribution in [-0.4, -0.2) is 37.9 Å². The van der Waals surface area contributed by atoms with Crippen molar-refractivity contribution in [2.45, 2.75) is 38.7 Å². The number of aryl methyl sites for hydroxylation is 1. The Kier molecular flexibility index (Phi) is 5.13. The highest BCUT2D eigenvalue weighted by Crippen LogP contribution is 2.48. The van der Waals surface area contributed by atoms with Gasteiger partial charge in [0.1, 0.15) is 17.1 Å². The number of carbonyl (C=O) groups is 1. The first-order valence-corrected chi connectivity index (χ1v) is 7.67. The highest BCUT2D eigenvalue weighted by atomic mass is 16.5. The number of carbonyl (C=O) groups excluding carboxylic acids is 1. The molecule has 0 radical (unpaired) electrons. The molecule has 2 amide bonds. The van der Waals surface area contributed by atoms with Crippen LogP contribution in [0.3, 0.4) is 0 Å². The number of rotatable bonds is 8. The summed E-state index contributed by atoms with van der Waals surface area (Å²) in [7, 11) is 1.69. The predicted molar refractivity (Wildman–Crippen MR) is 82.6 cm³/mol. The molecule has 1 aliphatic rings. The maximum atomic E-state index is 11.9. The number of hydrogen-bond donors (Lipinski definition) is 3. The van der Waals surface area contributed by atoms with Gasteiger partial charge in [-0.2, -0.15) is 0 Å². The molecule has 1 aliphatic carbocycles. The number of methoxy groups -OCH3 is 1. The van der Waals surface area contributed by atoms with E-state index in [1.165, 1.54) is 0 Å². The molecule has 6 nitrogen and oxygen atoms in total. The standard InChI is InChI=1S/C16H26N2O4/c1-12-4-5-13(22-12)15(2,20)10-17-14(19)18-11-16(6-7-16)8-9-21-3/h4-5,20H,6-11H2,1-3H3,(H2,17,18,19). The lowest BCUT2D eigenvalue weighted by molar-refractivity contribution is 0.0359. The van der Waals surface area contributed by atoms with Gasteiger partial charge in [-0.25, -0.2) is 4.79 Å². The Bertz CT molecular complexity index is 506. The molecule has 6 heteroatoms. The van der Waals surface area contributed by atoms with E-state index in [0.29, 0.717) is 12.3 Å². The van der Waals surface area contributed by atoms with Crippen molar-refractivity contribution in [3.05, 3.63) is 23.7 Å². The third kappa shape index (κ3) is 4.48.